The molecule has 0 aromatic carbocycles. The van der Waals surface area contributed by atoms with Gasteiger partial charge in [0.1, 0.15) is 0 Å². The van der Waals surface area contributed by atoms with Gasteiger partial charge in [-0.25, -0.2) is 0 Å². The summed E-state index contributed by atoms with van der Waals surface area (Å²) in [5, 5.41) is 30.0. The molecule has 0 aromatic rings. The minimum Gasteiger partial charge on any atom is -0.480 e. The van der Waals surface area contributed by atoms with E-state index < -0.39 is 18.4 Å². The SMILES string of the molecule is CCCCCCCCCCCCCCCCCCCCCCC(O)(O)NCC(=O)O. The third-order valence-corrected chi connectivity index (χ3v) is 5.90. The lowest BCUT2D eigenvalue weighted by atomic mass is 10.0. The van der Waals surface area contributed by atoms with Crippen LogP contribution in [0.25, 0.3) is 0 Å². The molecule has 0 heterocycles. The number of carboxylic acids is 1. The average molecular weight is 430 g/mol. The van der Waals surface area contributed by atoms with Gasteiger partial charge in [0.25, 0.3) is 0 Å². The predicted octanol–water partition coefficient (Wildman–Crippen LogP) is 6.51. The minimum atomic E-state index is -2.06. The molecule has 0 rings (SSSR count). The predicted molar refractivity (Wildman–Crippen MR) is 125 cm³/mol. The minimum absolute atomic E-state index is 0.166. The van der Waals surface area contributed by atoms with E-state index in [4.69, 9.17) is 5.11 Å². The van der Waals surface area contributed by atoms with Crippen LogP contribution in [0.2, 0.25) is 0 Å². The largest absolute Gasteiger partial charge is 0.480 e. The summed E-state index contributed by atoms with van der Waals surface area (Å²) in [7, 11) is 0. The highest BCUT2D eigenvalue weighted by molar-refractivity contribution is 5.69. The van der Waals surface area contributed by atoms with Gasteiger partial charge in [-0.2, -0.15) is 0 Å². The Bertz CT molecular complexity index is 374. The molecule has 180 valence electrons. The molecule has 0 saturated heterocycles. The Morgan fingerprint density at radius 1 is 0.600 bits per heavy atom. The molecular weight excluding hydrogens is 378 g/mol. The molecule has 0 bridgehead atoms. The van der Waals surface area contributed by atoms with Gasteiger partial charge in [-0.15, -0.1) is 0 Å². The topological polar surface area (TPSA) is 89.8 Å². The van der Waals surface area contributed by atoms with Crippen molar-refractivity contribution in [1.82, 2.24) is 5.32 Å². The first-order valence-corrected chi connectivity index (χ1v) is 12.9. The molecule has 4 N–H and O–H groups in total. The molecule has 0 aromatic heterocycles. The first-order chi connectivity index (χ1) is 14.5. The summed E-state index contributed by atoms with van der Waals surface area (Å²) in [6, 6.07) is 0. The molecule has 30 heavy (non-hydrogen) atoms. The van der Waals surface area contributed by atoms with Crippen molar-refractivity contribution in [2.45, 2.75) is 148 Å². The summed E-state index contributed by atoms with van der Waals surface area (Å²) in [6.07, 6.45) is 26.4. The molecule has 0 fully saturated rings. The molecule has 5 nitrogen and oxygen atoms in total. The van der Waals surface area contributed by atoms with E-state index in [0.29, 0.717) is 6.42 Å². The van der Waals surface area contributed by atoms with Crippen LogP contribution < -0.4 is 5.32 Å². The number of aliphatic carboxylic acids is 1. The van der Waals surface area contributed by atoms with Crippen molar-refractivity contribution in [1.29, 1.82) is 0 Å². The molecule has 0 aliphatic carbocycles. The van der Waals surface area contributed by atoms with Gasteiger partial charge in [0.2, 0.25) is 5.91 Å². The van der Waals surface area contributed by atoms with Gasteiger partial charge in [-0.3, -0.25) is 10.1 Å². The fourth-order valence-electron chi connectivity index (χ4n) is 3.93. The summed E-state index contributed by atoms with van der Waals surface area (Å²) in [4.78, 5) is 10.4. The van der Waals surface area contributed by atoms with E-state index in [1.807, 2.05) is 0 Å². The lowest BCUT2D eigenvalue weighted by Crippen LogP contribution is -2.47. The number of carboxylic acid groups (broad SMARTS) is 1. The molecule has 5 heteroatoms. The van der Waals surface area contributed by atoms with Gasteiger partial charge in [-0.05, 0) is 6.42 Å². The van der Waals surface area contributed by atoms with Gasteiger partial charge >= 0.3 is 5.97 Å². The molecule has 0 saturated carbocycles. The number of unbranched alkanes of at least 4 members (excludes halogenated alkanes) is 19. The van der Waals surface area contributed by atoms with Crippen LogP contribution in [0.5, 0.6) is 0 Å². The number of hydrogen-bond donors (Lipinski definition) is 4. The monoisotopic (exact) mass is 429 g/mol. The lowest BCUT2D eigenvalue weighted by molar-refractivity contribution is -0.193. The Hall–Kier alpha value is -0.650. The van der Waals surface area contributed by atoms with Crippen LogP contribution >= 0.6 is 0 Å². The third kappa shape index (κ3) is 23.6. The van der Waals surface area contributed by atoms with Gasteiger partial charge in [0.05, 0.1) is 6.54 Å². The number of rotatable bonds is 24. The zero-order valence-corrected chi connectivity index (χ0v) is 19.8. The van der Waals surface area contributed by atoms with Crippen LogP contribution in [-0.2, 0) is 4.79 Å². The molecule has 0 unspecified atom stereocenters. The van der Waals surface area contributed by atoms with Crippen molar-refractivity contribution in [3.63, 3.8) is 0 Å². The summed E-state index contributed by atoms with van der Waals surface area (Å²) in [5.41, 5.74) is 0. The van der Waals surface area contributed by atoms with E-state index in [1.54, 1.807) is 0 Å². The second-order valence-corrected chi connectivity index (χ2v) is 9.03. The van der Waals surface area contributed by atoms with Crippen LogP contribution in [0.3, 0.4) is 0 Å². The highest BCUT2D eigenvalue weighted by Gasteiger charge is 2.22. The van der Waals surface area contributed by atoms with Gasteiger partial charge in [0.15, 0.2) is 0 Å². The molecule has 0 atom stereocenters. The van der Waals surface area contributed by atoms with Crippen molar-refractivity contribution in [2.24, 2.45) is 0 Å². The smallest absolute Gasteiger partial charge is 0.317 e. The van der Waals surface area contributed by atoms with E-state index in [0.717, 1.165) is 12.8 Å². The van der Waals surface area contributed by atoms with Crippen molar-refractivity contribution in [3.05, 3.63) is 0 Å². The maximum absolute atomic E-state index is 10.4. The Kier molecular flexibility index (Phi) is 21.1. The Morgan fingerprint density at radius 3 is 1.20 bits per heavy atom. The third-order valence-electron chi connectivity index (χ3n) is 5.90. The summed E-state index contributed by atoms with van der Waals surface area (Å²) < 4.78 is 0. The van der Waals surface area contributed by atoms with Crippen molar-refractivity contribution in [2.75, 3.05) is 6.54 Å². The van der Waals surface area contributed by atoms with E-state index in [9.17, 15) is 15.0 Å². The first kappa shape index (κ1) is 29.4. The Morgan fingerprint density at radius 2 is 0.900 bits per heavy atom. The van der Waals surface area contributed by atoms with Crippen molar-refractivity contribution in [3.8, 4) is 0 Å². The molecule has 0 aliphatic rings. The highest BCUT2D eigenvalue weighted by Crippen LogP contribution is 2.16. The zero-order valence-electron chi connectivity index (χ0n) is 19.8. The normalized spacial score (nSPS) is 11.8. The van der Waals surface area contributed by atoms with Crippen LogP contribution in [0.15, 0.2) is 0 Å². The van der Waals surface area contributed by atoms with Gasteiger partial charge in [-0.1, -0.05) is 129 Å². The van der Waals surface area contributed by atoms with Gasteiger partial charge in [0, 0.05) is 6.42 Å². The maximum Gasteiger partial charge on any atom is 0.317 e. The van der Waals surface area contributed by atoms with Crippen LogP contribution in [0.1, 0.15) is 142 Å². The van der Waals surface area contributed by atoms with E-state index in [-0.39, 0.29) is 6.42 Å². The maximum atomic E-state index is 10.4. The first-order valence-electron chi connectivity index (χ1n) is 12.9. The van der Waals surface area contributed by atoms with Crippen LogP contribution in [0.4, 0.5) is 0 Å². The fourth-order valence-corrected chi connectivity index (χ4v) is 3.93. The quantitative estimate of drug-likeness (QED) is 0.104. The molecule has 0 aliphatic heterocycles. The van der Waals surface area contributed by atoms with Crippen molar-refractivity contribution >= 4 is 5.97 Å². The highest BCUT2D eigenvalue weighted by atomic mass is 16.5. The van der Waals surface area contributed by atoms with Crippen molar-refractivity contribution < 1.29 is 20.1 Å². The zero-order chi connectivity index (χ0) is 22.3. The van der Waals surface area contributed by atoms with Crippen LogP contribution in [-0.4, -0.2) is 33.7 Å². The van der Waals surface area contributed by atoms with Crippen LogP contribution in [0, 0.1) is 0 Å². The molecule has 0 amide bonds. The second-order valence-electron chi connectivity index (χ2n) is 9.03. The van der Waals surface area contributed by atoms with E-state index in [1.165, 1.54) is 109 Å². The standard InChI is InChI=1S/C25H51NO4/c1-2-3-4-5-6-7-8-9-10-11-12-13-14-15-16-17-18-19-20-21-22-25(29,30)26-23-24(27)28/h26,29-30H,2-23H2,1H3,(H,27,28). The summed E-state index contributed by atoms with van der Waals surface area (Å²) in [5.74, 6) is -3.15. The van der Waals surface area contributed by atoms with E-state index >= 15 is 0 Å². The molecule has 0 radical (unpaired) electrons. The number of hydrogen-bond acceptors (Lipinski definition) is 4. The number of carbonyl (C=O) groups is 1. The molecule has 0 spiro atoms. The number of nitrogens with one attached hydrogen (secondary N) is 1. The average Bonchev–Trinajstić information content (AvgIpc) is 2.71. The number of aliphatic hydroxyl groups is 2. The van der Waals surface area contributed by atoms with Gasteiger partial charge < -0.3 is 15.3 Å². The summed E-state index contributed by atoms with van der Waals surface area (Å²) in [6.45, 7) is 1.84. The van der Waals surface area contributed by atoms with E-state index in [2.05, 4.69) is 12.2 Å². The fraction of sp³-hybridized carbons (Fsp3) is 0.960. The summed E-state index contributed by atoms with van der Waals surface area (Å²) >= 11 is 0. The Labute approximate surface area is 186 Å². The Balaban J connectivity index is 3.17. The second kappa shape index (κ2) is 21.6. The molecular formula is C25H51NO4. The lowest BCUT2D eigenvalue weighted by Gasteiger charge is -2.21.